The highest BCUT2D eigenvalue weighted by atomic mass is 19.1. The fourth-order valence-corrected chi connectivity index (χ4v) is 2.97. The van der Waals surface area contributed by atoms with Crippen LogP contribution >= 0.6 is 0 Å². The number of carbonyl (C=O) groups is 1. The number of nitrogens with zero attached hydrogens (tertiary/aromatic N) is 3. The second-order valence-electron chi connectivity index (χ2n) is 7.18. The van der Waals surface area contributed by atoms with Gasteiger partial charge in [-0.25, -0.2) is 19.2 Å². The van der Waals surface area contributed by atoms with Crippen molar-refractivity contribution in [3.8, 4) is 0 Å². The Kier molecular flexibility index (Phi) is 6.51. The zero-order chi connectivity index (χ0) is 21.7. The molecule has 0 saturated carbocycles. The van der Waals surface area contributed by atoms with Gasteiger partial charge in [0.15, 0.2) is 0 Å². The van der Waals surface area contributed by atoms with Crippen LogP contribution in [0.3, 0.4) is 0 Å². The van der Waals surface area contributed by atoms with E-state index in [9.17, 15) is 18.8 Å². The van der Waals surface area contributed by atoms with E-state index in [0.29, 0.717) is 17.1 Å². The summed E-state index contributed by atoms with van der Waals surface area (Å²) in [5.74, 6) is -0.256. The largest absolute Gasteiger partial charge is 0.347 e. The summed E-state index contributed by atoms with van der Waals surface area (Å²) in [6.45, 7) is 3.60. The van der Waals surface area contributed by atoms with Gasteiger partial charge in [0.1, 0.15) is 18.2 Å². The van der Waals surface area contributed by atoms with Crippen molar-refractivity contribution in [2.75, 3.05) is 0 Å². The van der Waals surface area contributed by atoms with Crippen molar-refractivity contribution < 1.29 is 9.18 Å². The zero-order valence-electron chi connectivity index (χ0n) is 16.6. The van der Waals surface area contributed by atoms with Crippen LogP contribution in [-0.2, 0) is 17.8 Å². The Bertz CT molecular complexity index is 1140. The van der Waals surface area contributed by atoms with Gasteiger partial charge in [-0.1, -0.05) is 26.0 Å². The van der Waals surface area contributed by atoms with Crippen LogP contribution < -0.4 is 16.6 Å². The van der Waals surface area contributed by atoms with E-state index in [2.05, 4.69) is 20.3 Å². The third-order valence-electron chi connectivity index (χ3n) is 4.48. The molecule has 0 unspecified atom stereocenters. The van der Waals surface area contributed by atoms with E-state index in [4.69, 9.17) is 0 Å². The first-order valence-electron chi connectivity index (χ1n) is 9.48. The van der Waals surface area contributed by atoms with Gasteiger partial charge in [-0.05, 0) is 23.8 Å². The van der Waals surface area contributed by atoms with Gasteiger partial charge >= 0.3 is 5.69 Å². The molecule has 1 aromatic carbocycles. The van der Waals surface area contributed by atoms with Gasteiger partial charge in [0.05, 0.1) is 11.7 Å². The molecule has 2 aromatic heterocycles. The first kappa shape index (κ1) is 21.1. The van der Waals surface area contributed by atoms with E-state index in [1.807, 2.05) is 13.8 Å². The molecule has 1 atom stereocenters. The fraction of sp³-hybridized carbons (Fsp3) is 0.286. The minimum atomic E-state index is -0.570. The maximum Gasteiger partial charge on any atom is 0.347 e. The lowest BCUT2D eigenvalue weighted by Gasteiger charge is -2.20. The number of hydrogen-bond acceptors (Lipinski definition) is 5. The molecule has 0 radical (unpaired) electrons. The molecule has 2 N–H and O–H groups in total. The van der Waals surface area contributed by atoms with Gasteiger partial charge in [-0.15, -0.1) is 0 Å². The standard InChI is InChI=1S/C21H22FN5O3/c1-13(2)20-24-16(11-18(28)26-20)10-17(14-4-6-15(22)7-5-14)25-19(29)12-27-9-3-8-23-21(27)30/h3-9,11,13,17H,10,12H2,1-2H3,(H,25,29)(H,24,26,28)/t17-/m1/s1. The lowest BCUT2D eigenvalue weighted by Crippen LogP contribution is -2.36. The summed E-state index contributed by atoms with van der Waals surface area (Å²) in [6, 6.07) is 8.08. The summed E-state index contributed by atoms with van der Waals surface area (Å²) >= 11 is 0. The number of halogens is 1. The van der Waals surface area contributed by atoms with Gasteiger partial charge in [-0.2, -0.15) is 0 Å². The molecule has 3 rings (SSSR count). The lowest BCUT2D eigenvalue weighted by molar-refractivity contribution is -0.122. The molecule has 30 heavy (non-hydrogen) atoms. The number of benzene rings is 1. The summed E-state index contributed by atoms with van der Waals surface area (Å²) < 4.78 is 14.6. The summed E-state index contributed by atoms with van der Waals surface area (Å²) in [5.41, 5.74) is 0.325. The van der Waals surface area contributed by atoms with Crippen molar-refractivity contribution in [2.24, 2.45) is 0 Å². The normalized spacial score (nSPS) is 12.0. The molecule has 0 saturated heterocycles. The number of rotatable bonds is 7. The molecule has 0 aliphatic carbocycles. The van der Waals surface area contributed by atoms with Crippen LogP contribution in [0.1, 0.15) is 42.9 Å². The number of amides is 1. The number of hydrogen-bond donors (Lipinski definition) is 2. The fourth-order valence-electron chi connectivity index (χ4n) is 2.97. The Morgan fingerprint density at radius 3 is 2.63 bits per heavy atom. The molecular formula is C21H22FN5O3. The van der Waals surface area contributed by atoms with Crippen molar-refractivity contribution in [2.45, 2.75) is 38.8 Å². The summed E-state index contributed by atoms with van der Waals surface area (Å²) in [6.07, 6.45) is 3.04. The lowest BCUT2D eigenvalue weighted by atomic mass is 10.0. The number of aromatic amines is 1. The number of carbonyl (C=O) groups excluding carboxylic acids is 1. The monoisotopic (exact) mass is 411 g/mol. The van der Waals surface area contributed by atoms with E-state index >= 15 is 0 Å². The molecule has 0 bridgehead atoms. The Labute approximate surface area is 171 Å². The van der Waals surface area contributed by atoms with Crippen molar-refractivity contribution >= 4 is 5.91 Å². The smallest absolute Gasteiger partial charge is 0.347 e. The summed E-state index contributed by atoms with van der Waals surface area (Å²) in [5, 5.41) is 2.84. The topological polar surface area (TPSA) is 110 Å². The van der Waals surface area contributed by atoms with Gasteiger partial charge in [0.2, 0.25) is 5.91 Å². The maximum atomic E-state index is 13.4. The van der Waals surface area contributed by atoms with E-state index in [1.165, 1.54) is 35.2 Å². The molecule has 8 nitrogen and oxygen atoms in total. The third-order valence-corrected chi connectivity index (χ3v) is 4.48. The molecule has 0 fully saturated rings. The quantitative estimate of drug-likeness (QED) is 0.615. The molecule has 0 aliphatic heterocycles. The third kappa shape index (κ3) is 5.47. The number of H-pyrrole nitrogens is 1. The predicted molar refractivity (Wildman–Crippen MR) is 108 cm³/mol. The van der Waals surface area contributed by atoms with E-state index < -0.39 is 23.5 Å². The van der Waals surface area contributed by atoms with Crippen LogP contribution in [-0.4, -0.2) is 25.4 Å². The van der Waals surface area contributed by atoms with Crippen LogP contribution in [0.2, 0.25) is 0 Å². The van der Waals surface area contributed by atoms with Crippen LogP contribution in [0, 0.1) is 5.82 Å². The molecule has 0 aliphatic rings. The van der Waals surface area contributed by atoms with Gasteiger partial charge in [-0.3, -0.25) is 14.2 Å². The van der Waals surface area contributed by atoms with E-state index in [0.717, 1.165) is 0 Å². The predicted octanol–water partition coefficient (Wildman–Crippen LogP) is 1.69. The van der Waals surface area contributed by atoms with Gasteiger partial charge in [0, 0.05) is 30.8 Å². The van der Waals surface area contributed by atoms with Crippen LogP contribution in [0.15, 0.2) is 58.4 Å². The molecule has 1 amide bonds. The maximum absolute atomic E-state index is 13.4. The minimum absolute atomic E-state index is 0.0222. The average molecular weight is 411 g/mol. The van der Waals surface area contributed by atoms with Crippen LogP contribution in [0.4, 0.5) is 4.39 Å². The second-order valence-corrected chi connectivity index (χ2v) is 7.18. The first-order valence-corrected chi connectivity index (χ1v) is 9.48. The van der Waals surface area contributed by atoms with Gasteiger partial charge in [0.25, 0.3) is 5.56 Å². The molecule has 0 spiro atoms. The highest BCUT2D eigenvalue weighted by Gasteiger charge is 2.18. The average Bonchev–Trinajstić information content (AvgIpc) is 2.69. The van der Waals surface area contributed by atoms with E-state index in [1.54, 1.807) is 18.2 Å². The molecule has 2 heterocycles. The van der Waals surface area contributed by atoms with Crippen molar-refractivity contribution in [1.82, 2.24) is 24.8 Å². The minimum Gasteiger partial charge on any atom is -0.347 e. The highest BCUT2D eigenvalue weighted by Crippen LogP contribution is 2.19. The molecule has 9 heteroatoms. The van der Waals surface area contributed by atoms with Crippen molar-refractivity contribution in [1.29, 1.82) is 0 Å². The second kappa shape index (κ2) is 9.25. The van der Waals surface area contributed by atoms with Crippen LogP contribution in [0.25, 0.3) is 0 Å². The Morgan fingerprint density at radius 2 is 1.97 bits per heavy atom. The van der Waals surface area contributed by atoms with Crippen LogP contribution in [0.5, 0.6) is 0 Å². The number of nitrogens with one attached hydrogen (secondary N) is 2. The van der Waals surface area contributed by atoms with Crippen molar-refractivity contribution in [3.05, 3.63) is 92.5 Å². The van der Waals surface area contributed by atoms with Crippen molar-refractivity contribution in [3.63, 3.8) is 0 Å². The molecule has 3 aromatic rings. The SMILES string of the molecule is CC(C)c1nc(C[C@@H](NC(=O)Cn2cccnc2=O)c2ccc(F)cc2)cc(=O)[nH]1. The molecular weight excluding hydrogens is 389 g/mol. The first-order chi connectivity index (χ1) is 14.3. The Hall–Kier alpha value is -3.62. The molecule has 156 valence electrons. The number of aromatic nitrogens is 4. The Morgan fingerprint density at radius 1 is 1.23 bits per heavy atom. The van der Waals surface area contributed by atoms with E-state index in [-0.39, 0.29) is 24.4 Å². The summed E-state index contributed by atoms with van der Waals surface area (Å²) in [4.78, 5) is 47.1. The Balaban J connectivity index is 1.87. The highest BCUT2D eigenvalue weighted by molar-refractivity contribution is 5.76. The van der Waals surface area contributed by atoms with Gasteiger partial charge < -0.3 is 10.3 Å². The zero-order valence-corrected chi connectivity index (χ0v) is 16.6. The summed E-state index contributed by atoms with van der Waals surface area (Å²) in [7, 11) is 0.